The summed E-state index contributed by atoms with van der Waals surface area (Å²) in [7, 11) is -2.13. The molecule has 7 heteroatoms. The number of sulfonamides is 1. The van der Waals surface area contributed by atoms with Gasteiger partial charge in [0.05, 0.1) is 11.1 Å². The number of aromatic nitrogens is 2. The summed E-state index contributed by atoms with van der Waals surface area (Å²) < 4.78 is 25.6. The number of phenols is 1. The second-order valence-corrected chi connectivity index (χ2v) is 5.91. The fraction of sp³-hybridized carbons (Fsp3) is 0.182. The van der Waals surface area contributed by atoms with E-state index in [1.165, 1.54) is 35.6 Å². The third kappa shape index (κ3) is 2.52. The molecule has 0 aliphatic heterocycles. The zero-order chi connectivity index (χ0) is 13.2. The average Bonchev–Trinajstić information content (AvgIpc) is 2.81. The second-order valence-electron chi connectivity index (χ2n) is 3.86. The van der Waals surface area contributed by atoms with Crippen molar-refractivity contribution in [1.29, 1.82) is 0 Å². The molecule has 0 radical (unpaired) electrons. The molecule has 0 aliphatic carbocycles. The van der Waals surface area contributed by atoms with Gasteiger partial charge in [-0.3, -0.25) is 5.10 Å². The molecule has 0 amide bonds. The molecular weight excluding hydrogens is 254 g/mol. The van der Waals surface area contributed by atoms with E-state index in [1.807, 2.05) is 0 Å². The summed E-state index contributed by atoms with van der Waals surface area (Å²) >= 11 is 0. The Bertz CT molecular complexity index is 623. The molecular formula is C11H13N3O3S. The quantitative estimate of drug-likeness (QED) is 0.863. The van der Waals surface area contributed by atoms with E-state index in [4.69, 9.17) is 0 Å². The molecule has 0 saturated carbocycles. The van der Waals surface area contributed by atoms with E-state index in [-0.39, 0.29) is 17.2 Å². The smallest absolute Gasteiger partial charge is 0.243 e. The minimum Gasteiger partial charge on any atom is -0.508 e. The van der Waals surface area contributed by atoms with Gasteiger partial charge in [-0.25, -0.2) is 8.42 Å². The number of nitrogens with zero attached hydrogens (tertiary/aromatic N) is 2. The number of rotatable bonds is 4. The predicted octanol–water partition coefficient (Wildman–Crippen LogP) is 0.936. The van der Waals surface area contributed by atoms with Crippen LogP contribution in [0.2, 0.25) is 0 Å². The van der Waals surface area contributed by atoms with Gasteiger partial charge < -0.3 is 5.11 Å². The van der Waals surface area contributed by atoms with Crippen LogP contribution in [-0.2, 0) is 16.6 Å². The van der Waals surface area contributed by atoms with Gasteiger partial charge in [0.15, 0.2) is 0 Å². The van der Waals surface area contributed by atoms with Crippen LogP contribution in [0, 0.1) is 0 Å². The Hall–Kier alpha value is -1.86. The number of benzene rings is 1. The minimum atomic E-state index is -3.61. The van der Waals surface area contributed by atoms with Crippen molar-refractivity contribution in [2.24, 2.45) is 0 Å². The van der Waals surface area contributed by atoms with Crippen LogP contribution in [0.15, 0.2) is 41.6 Å². The van der Waals surface area contributed by atoms with Gasteiger partial charge in [-0.2, -0.15) is 9.40 Å². The van der Waals surface area contributed by atoms with E-state index in [0.29, 0.717) is 0 Å². The Balaban J connectivity index is 2.25. The Kier molecular flexibility index (Phi) is 3.35. The Morgan fingerprint density at radius 2 is 2.22 bits per heavy atom. The van der Waals surface area contributed by atoms with Crippen LogP contribution in [0.4, 0.5) is 0 Å². The summed E-state index contributed by atoms with van der Waals surface area (Å²) in [5.74, 6) is -0.0761. The number of H-pyrrole nitrogens is 1. The Morgan fingerprint density at radius 3 is 2.83 bits per heavy atom. The second kappa shape index (κ2) is 4.79. The molecule has 0 atom stereocenters. The summed E-state index contributed by atoms with van der Waals surface area (Å²) in [6, 6.07) is 5.59. The highest BCUT2D eigenvalue weighted by molar-refractivity contribution is 7.89. The first-order valence-corrected chi connectivity index (χ1v) is 6.67. The lowest BCUT2D eigenvalue weighted by Gasteiger charge is -2.16. The molecule has 2 aromatic rings. The molecule has 0 saturated heterocycles. The maximum atomic E-state index is 12.2. The summed E-state index contributed by atoms with van der Waals surface area (Å²) in [5, 5.41) is 15.7. The van der Waals surface area contributed by atoms with Crippen LogP contribution in [0.1, 0.15) is 5.56 Å². The van der Waals surface area contributed by atoms with Crippen LogP contribution >= 0.6 is 0 Å². The van der Waals surface area contributed by atoms with Gasteiger partial charge in [0, 0.05) is 25.4 Å². The van der Waals surface area contributed by atoms with E-state index < -0.39 is 10.0 Å². The Morgan fingerprint density at radius 1 is 1.44 bits per heavy atom. The first-order valence-electron chi connectivity index (χ1n) is 5.23. The highest BCUT2D eigenvalue weighted by Crippen LogP contribution is 2.20. The van der Waals surface area contributed by atoms with Crippen molar-refractivity contribution in [3.05, 3.63) is 42.2 Å². The predicted molar refractivity (Wildman–Crippen MR) is 65.3 cm³/mol. The molecule has 18 heavy (non-hydrogen) atoms. The molecule has 1 aromatic carbocycles. The van der Waals surface area contributed by atoms with Crippen LogP contribution in [-0.4, -0.2) is 35.1 Å². The summed E-state index contributed by atoms with van der Waals surface area (Å²) in [5.41, 5.74) is 0.765. The monoisotopic (exact) mass is 267 g/mol. The van der Waals surface area contributed by atoms with Crippen molar-refractivity contribution in [3.63, 3.8) is 0 Å². The minimum absolute atomic E-state index is 0.0634. The van der Waals surface area contributed by atoms with Gasteiger partial charge >= 0.3 is 0 Å². The Labute approximate surface area is 105 Å². The van der Waals surface area contributed by atoms with Crippen molar-refractivity contribution < 1.29 is 13.5 Å². The van der Waals surface area contributed by atoms with Gasteiger partial charge in [0.25, 0.3) is 0 Å². The molecule has 2 N–H and O–H groups in total. The number of aromatic hydroxyl groups is 1. The van der Waals surface area contributed by atoms with Crippen molar-refractivity contribution in [3.8, 4) is 5.75 Å². The van der Waals surface area contributed by atoms with Gasteiger partial charge in [-0.05, 0) is 18.2 Å². The molecule has 0 bridgehead atoms. The number of nitrogens with one attached hydrogen (secondary N) is 1. The normalized spacial score (nSPS) is 11.9. The van der Waals surface area contributed by atoms with E-state index in [0.717, 1.165) is 5.56 Å². The van der Waals surface area contributed by atoms with E-state index in [9.17, 15) is 13.5 Å². The topological polar surface area (TPSA) is 86.3 Å². The fourth-order valence-electron chi connectivity index (χ4n) is 1.53. The lowest BCUT2D eigenvalue weighted by molar-refractivity contribution is 0.460. The largest absolute Gasteiger partial charge is 0.508 e. The van der Waals surface area contributed by atoms with Gasteiger partial charge in [0.2, 0.25) is 10.0 Å². The van der Waals surface area contributed by atoms with E-state index in [1.54, 1.807) is 12.4 Å². The third-order valence-electron chi connectivity index (χ3n) is 2.49. The van der Waals surface area contributed by atoms with E-state index >= 15 is 0 Å². The number of aromatic amines is 1. The highest BCUT2D eigenvalue weighted by Gasteiger charge is 2.21. The van der Waals surface area contributed by atoms with Crippen LogP contribution in [0.5, 0.6) is 5.75 Å². The van der Waals surface area contributed by atoms with Gasteiger partial charge in [-0.15, -0.1) is 0 Å². The zero-order valence-electron chi connectivity index (χ0n) is 9.74. The number of phenolic OH excluding ortho intramolecular Hbond substituents is 1. The third-order valence-corrected chi connectivity index (χ3v) is 4.29. The molecule has 1 aromatic heterocycles. The van der Waals surface area contributed by atoms with Gasteiger partial charge in [-0.1, -0.05) is 6.07 Å². The van der Waals surface area contributed by atoms with Gasteiger partial charge in [0.1, 0.15) is 5.75 Å². The number of hydrogen-bond donors (Lipinski definition) is 2. The van der Waals surface area contributed by atoms with Crippen LogP contribution in [0.25, 0.3) is 0 Å². The molecule has 0 aliphatic rings. The first-order chi connectivity index (χ1) is 8.50. The van der Waals surface area contributed by atoms with Crippen molar-refractivity contribution in [2.75, 3.05) is 7.05 Å². The van der Waals surface area contributed by atoms with E-state index in [2.05, 4.69) is 10.2 Å². The lowest BCUT2D eigenvalue weighted by atomic mass is 10.3. The van der Waals surface area contributed by atoms with Crippen molar-refractivity contribution >= 4 is 10.0 Å². The summed E-state index contributed by atoms with van der Waals surface area (Å²) in [6.45, 7) is 0.217. The molecule has 6 nitrogen and oxygen atoms in total. The highest BCUT2D eigenvalue weighted by atomic mass is 32.2. The maximum absolute atomic E-state index is 12.2. The van der Waals surface area contributed by atoms with Crippen LogP contribution in [0.3, 0.4) is 0 Å². The summed E-state index contributed by atoms with van der Waals surface area (Å²) in [4.78, 5) is 0.0634. The lowest BCUT2D eigenvalue weighted by Crippen LogP contribution is -2.26. The first kappa shape index (κ1) is 12.6. The molecule has 96 valence electrons. The number of hydrogen-bond acceptors (Lipinski definition) is 4. The van der Waals surface area contributed by atoms with Crippen molar-refractivity contribution in [2.45, 2.75) is 11.4 Å². The fourth-order valence-corrected chi connectivity index (χ4v) is 2.73. The molecule has 0 fully saturated rings. The zero-order valence-corrected chi connectivity index (χ0v) is 10.6. The SMILES string of the molecule is CN(Cc1cn[nH]c1)S(=O)(=O)c1cccc(O)c1. The molecule has 2 rings (SSSR count). The maximum Gasteiger partial charge on any atom is 0.243 e. The van der Waals surface area contributed by atoms with Crippen LogP contribution < -0.4 is 0 Å². The molecule has 1 heterocycles. The molecule has 0 spiro atoms. The summed E-state index contributed by atoms with van der Waals surface area (Å²) in [6.07, 6.45) is 3.20. The molecule has 0 unspecified atom stereocenters. The van der Waals surface area contributed by atoms with Crippen molar-refractivity contribution in [1.82, 2.24) is 14.5 Å². The standard InChI is InChI=1S/C11H13N3O3S/c1-14(8-9-6-12-13-7-9)18(16,17)11-4-2-3-10(15)5-11/h2-7,15H,8H2,1H3,(H,12,13). The average molecular weight is 267 g/mol.